The largest absolute Gasteiger partial charge is 0.314 e. The number of likely N-dealkylation sites (tertiary alicyclic amines) is 1. The molecule has 2 heteroatoms. The number of rotatable bonds is 7. The molecule has 1 aliphatic heterocycles. The predicted molar refractivity (Wildman–Crippen MR) is 92.7 cm³/mol. The molecule has 21 heavy (non-hydrogen) atoms. The monoisotopic (exact) mass is 294 g/mol. The van der Waals surface area contributed by atoms with Crippen molar-refractivity contribution in [3.63, 3.8) is 0 Å². The van der Waals surface area contributed by atoms with Gasteiger partial charge in [0, 0.05) is 12.1 Å². The smallest absolute Gasteiger partial charge is 0.00697 e. The van der Waals surface area contributed by atoms with Gasteiger partial charge in [0.05, 0.1) is 0 Å². The molecular weight excluding hydrogens is 256 g/mol. The van der Waals surface area contributed by atoms with Crippen molar-refractivity contribution in [2.75, 3.05) is 19.6 Å². The van der Waals surface area contributed by atoms with Gasteiger partial charge in [-0.05, 0) is 76.9 Å². The zero-order valence-electron chi connectivity index (χ0n) is 14.7. The molecule has 2 rings (SSSR count). The molecule has 1 saturated carbocycles. The third-order valence-corrected chi connectivity index (χ3v) is 5.58. The van der Waals surface area contributed by atoms with Crippen molar-refractivity contribution in [3.05, 3.63) is 0 Å². The Morgan fingerprint density at radius 1 is 1.10 bits per heavy atom. The first-order chi connectivity index (χ1) is 10.1. The molecule has 0 aromatic carbocycles. The van der Waals surface area contributed by atoms with Crippen LogP contribution in [0.15, 0.2) is 0 Å². The second-order valence-corrected chi connectivity index (χ2v) is 8.05. The van der Waals surface area contributed by atoms with E-state index in [1.807, 2.05) is 0 Å². The molecule has 2 nitrogen and oxygen atoms in total. The maximum absolute atomic E-state index is 3.85. The molecule has 0 aromatic rings. The summed E-state index contributed by atoms with van der Waals surface area (Å²) in [6.45, 7) is 11.0. The lowest BCUT2D eigenvalue weighted by molar-refractivity contribution is 0.157. The van der Waals surface area contributed by atoms with Gasteiger partial charge in [0.2, 0.25) is 0 Å². The number of hydrogen-bond donors (Lipinski definition) is 1. The fourth-order valence-electron chi connectivity index (χ4n) is 4.44. The van der Waals surface area contributed by atoms with E-state index in [9.17, 15) is 0 Å². The predicted octanol–water partition coefficient (Wildman–Crippen LogP) is 4.45. The fourth-order valence-corrected chi connectivity index (χ4v) is 4.44. The van der Waals surface area contributed by atoms with Crippen LogP contribution >= 0.6 is 0 Å². The van der Waals surface area contributed by atoms with Crippen LogP contribution in [0.2, 0.25) is 0 Å². The second kappa shape index (κ2) is 9.15. The first kappa shape index (κ1) is 17.3. The zero-order valence-corrected chi connectivity index (χ0v) is 14.7. The van der Waals surface area contributed by atoms with Crippen LogP contribution in [0.5, 0.6) is 0 Å². The standard InChI is InChI=1S/C19H38N2/c1-16(2)14-18-9-6-10-19(15-18)20-11-7-13-21-12-5-4-8-17(21)3/h16-20H,4-15H2,1-3H3. The lowest BCUT2D eigenvalue weighted by atomic mass is 9.81. The van der Waals surface area contributed by atoms with Crippen LogP contribution in [0.3, 0.4) is 0 Å². The van der Waals surface area contributed by atoms with Crippen LogP contribution in [-0.2, 0) is 0 Å². The lowest BCUT2D eigenvalue weighted by Gasteiger charge is -2.34. The van der Waals surface area contributed by atoms with Crippen LogP contribution in [0.25, 0.3) is 0 Å². The zero-order chi connectivity index (χ0) is 15.1. The highest BCUT2D eigenvalue weighted by Gasteiger charge is 2.22. The third-order valence-electron chi connectivity index (χ3n) is 5.58. The van der Waals surface area contributed by atoms with Gasteiger partial charge in [0.15, 0.2) is 0 Å². The van der Waals surface area contributed by atoms with Gasteiger partial charge < -0.3 is 10.2 Å². The summed E-state index contributed by atoms with van der Waals surface area (Å²) in [6, 6.07) is 1.63. The van der Waals surface area contributed by atoms with E-state index in [4.69, 9.17) is 0 Å². The van der Waals surface area contributed by atoms with Crippen LogP contribution < -0.4 is 5.32 Å². The second-order valence-electron chi connectivity index (χ2n) is 8.05. The third kappa shape index (κ3) is 6.28. The Morgan fingerprint density at radius 3 is 2.71 bits per heavy atom. The Morgan fingerprint density at radius 2 is 1.95 bits per heavy atom. The lowest BCUT2D eigenvalue weighted by Crippen LogP contribution is -2.40. The normalized spacial score (nSPS) is 31.7. The maximum atomic E-state index is 3.85. The first-order valence-electron chi connectivity index (χ1n) is 9.62. The minimum Gasteiger partial charge on any atom is -0.314 e. The molecule has 2 fully saturated rings. The van der Waals surface area contributed by atoms with Crippen LogP contribution in [-0.4, -0.2) is 36.6 Å². The van der Waals surface area contributed by atoms with Crippen molar-refractivity contribution >= 4 is 0 Å². The van der Waals surface area contributed by atoms with E-state index in [1.165, 1.54) is 77.4 Å². The Labute approximate surface area is 133 Å². The SMILES string of the molecule is CC(C)CC1CCCC(NCCCN2CCCCC2C)C1. The number of nitrogens with zero attached hydrogens (tertiary/aromatic N) is 1. The number of hydrogen-bond acceptors (Lipinski definition) is 2. The van der Waals surface area contributed by atoms with Crippen molar-refractivity contribution in [2.24, 2.45) is 11.8 Å². The van der Waals surface area contributed by atoms with Gasteiger partial charge in [-0.15, -0.1) is 0 Å². The van der Waals surface area contributed by atoms with Crippen molar-refractivity contribution in [3.8, 4) is 0 Å². The molecule has 0 radical (unpaired) electrons. The average Bonchev–Trinajstić information content (AvgIpc) is 2.45. The van der Waals surface area contributed by atoms with E-state index < -0.39 is 0 Å². The summed E-state index contributed by atoms with van der Waals surface area (Å²) < 4.78 is 0. The Balaban J connectivity index is 1.57. The van der Waals surface area contributed by atoms with Crippen molar-refractivity contribution in [1.82, 2.24) is 10.2 Å². The molecule has 0 bridgehead atoms. The molecule has 0 amide bonds. The number of nitrogens with one attached hydrogen (secondary N) is 1. The Hall–Kier alpha value is -0.0800. The Bertz CT molecular complexity index is 277. The molecule has 0 aromatic heterocycles. The molecule has 1 saturated heterocycles. The maximum Gasteiger partial charge on any atom is 0.00697 e. The van der Waals surface area contributed by atoms with Crippen LogP contribution in [0.1, 0.15) is 78.6 Å². The van der Waals surface area contributed by atoms with Crippen molar-refractivity contribution in [1.29, 1.82) is 0 Å². The highest BCUT2D eigenvalue weighted by Crippen LogP contribution is 2.29. The summed E-state index contributed by atoms with van der Waals surface area (Å²) in [7, 11) is 0. The van der Waals surface area contributed by atoms with E-state index in [0.717, 1.165) is 23.9 Å². The van der Waals surface area contributed by atoms with E-state index in [0.29, 0.717) is 0 Å². The summed E-state index contributed by atoms with van der Waals surface area (Å²) in [6.07, 6.45) is 12.8. The minimum absolute atomic E-state index is 0.807. The fraction of sp³-hybridized carbons (Fsp3) is 1.00. The van der Waals surface area contributed by atoms with Gasteiger partial charge in [-0.3, -0.25) is 0 Å². The summed E-state index contributed by atoms with van der Waals surface area (Å²) in [5, 5.41) is 3.85. The average molecular weight is 295 g/mol. The summed E-state index contributed by atoms with van der Waals surface area (Å²) >= 11 is 0. The van der Waals surface area contributed by atoms with Gasteiger partial charge in [0.25, 0.3) is 0 Å². The minimum atomic E-state index is 0.807. The van der Waals surface area contributed by atoms with E-state index >= 15 is 0 Å². The number of piperidine rings is 1. The molecular formula is C19H38N2. The van der Waals surface area contributed by atoms with E-state index in [1.54, 1.807) is 0 Å². The van der Waals surface area contributed by atoms with E-state index in [2.05, 4.69) is 31.0 Å². The molecule has 1 N–H and O–H groups in total. The van der Waals surface area contributed by atoms with Gasteiger partial charge in [-0.25, -0.2) is 0 Å². The van der Waals surface area contributed by atoms with Gasteiger partial charge in [-0.2, -0.15) is 0 Å². The highest BCUT2D eigenvalue weighted by molar-refractivity contribution is 4.79. The van der Waals surface area contributed by atoms with Crippen molar-refractivity contribution < 1.29 is 0 Å². The highest BCUT2D eigenvalue weighted by atomic mass is 15.2. The van der Waals surface area contributed by atoms with Gasteiger partial charge in [-0.1, -0.05) is 33.1 Å². The summed E-state index contributed by atoms with van der Waals surface area (Å²) in [5.41, 5.74) is 0. The van der Waals surface area contributed by atoms with Gasteiger partial charge >= 0.3 is 0 Å². The van der Waals surface area contributed by atoms with Crippen LogP contribution in [0.4, 0.5) is 0 Å². The van der Waals surface area contributed by atoms with Crippen molar-refractivity contribution in [2.45, 2.75) is 90.6 Å². The Kier molecular flexibility index (Phi) is 7.53. The van der Waals surface area contributed by atoms with Crippen LogP contribution in [0, 0.1) is 11.8 Å². The van der Waals surface area contributed by atoms with E-state index in [-0.39, 0.29) is 0 Å². The summed E-state index contributed by atoms with van der Waals surface area (Å²) in [5.74, 6) is 1.85. The molecule has 1 heterocycles. The molecule has 0 spiro atoms. The summed E-state index contributed by atoms with van der Waals surface area (Å²) in [4.78, 5) is 2.70. The molecule has 2 aliphatic rings. The molecule has 3 unspecified atom stereocenters. The molecule has 1 aliphatic carbocycles. The molecule has 3 atom stereocenters. The quantitative estimate of drug-likeness (QED) is 0.698. The molecule has 124 valence electrons. The topological polar surface area (TPSA) is 15.3 Å². The van der Waals surface area contributed by atoms with Gasteiger partial charge in [0.1, 0.15) is 0 Å². The first-order valence-corrected chi connectivity index (χ1v) is 9.62.